The lowest BCUT2D eigenvalue weighted by Gasteiger charge is -2.32. The number of carbonyl (C=O) groups excluding carboxylic acids is 2. The van der Waals surface area contributed by atoms with E-state index in [-0.39, 0.29) is 35.9 Å². The summed E-state index contributed by atoms with van der Waals surface area (Å²) in [6, 6.07) is 9.39. The molecule has 1 fully saturated rings. The first-order valence-electron chi connectivity index (χ1n) is 12.0. The summed E-state index contributed by atoms with van der Waals surface area (Å²) in [5.74, 6) is -0.0681. The zero-order valence-corrected chi connectivity index (χ0v) is 21.3. The summed E-state index contributed by atoms with van der Waals surface area (Å²) in [7, 11) is 0. The molecule has 2 atom stereocenters. The van der Waals surface area contributed by atoms with Crippen molar-refractivity contribution in [2.75, 3.05) is 0 Å². The lowest BCUT2D eigenvalue weighted by molar-refractivity contribution is -0.137. The molecule has 0 aliphatic heterocycles. The number of ether oxygens (including phenoxy) is 1. The van der Waals surface area contributed by atoms with Crippen LogP contribution in [0.2, 0.25) is 0 Å². The monoisotopic (exact) mass is 531 g/mol. The maximum atomic E-state index is 12.9. The minimum Gasteiger partial charge on any atom is -0.486 e. The highest BCUT2D eigenvalue weighted by molar-refractivity contribution is 7.09. The van der Waals surface area contributed by atoms with E-state index in [1.165, 1.54) is 11.3 Å². The van der Waals surface area contributed by atoms with E-state index in [2.05, 4.69) is 21.7 Å². The van der Waals surface area contributed by atoms with E-state index in [1.54, 1.807) is 5.38 Å². The Morgan fingerprint density at radius 1 is 0.973 bits per heavy atom. The first kappa shape index (κ1) is 26.7. The molecule has 0 radical (unpaired) electrons. The van der Waals surface area contributed by atoms with Crippen molar-refractivity contribution in [3.63, 3.8) is 0 Å². The predicted octanol–water partition coefficient (Wildman–Crippen LogP) is 5.83. The number of carbonyl (C=O) groups is 2. The normalized spacial score (nSPS) is 17.8. The zero-order valence-electron chi connectivity index (χ0n) is 20.5. The molecular formula is C27H28F3N3O3S. The maximum absolute atomic E-state index is 12.9. The van der Waals surface area contributed by atoms with Crippen molar-refractivity contribution in [1.82, 2.24) is 15.6 Å². The van der Waals surface area contributed by atoms with Crippen LogP contribution < -0.4 is 15.4 Å². The van der Waals surface area contributed by atoms with Gasteiger partial charge in [-0.05, 0) is 74.2 Å². The second kappa shape index (κ2) is 11.3. The fourth-order valence-electron chi connectivity index (χ4n) is 4.42. The lowest BCUT2D eigenvalue weighted by Crippen LogP contribution is -2.53. The first-order chi connectivity index (χ1) is 17.6. The lowest BCUT2D eigenvalue weighted by atomic mass is 9.90. The van der Waals surface area contributed by atoms with Gasteiger partial charge >= 0.3 is 6.18 Å². The molecule has 1 saturated carbocycles. The van der Waals surface area contributed by atoms with Gasteiger partial charge in [-0.25, -0.2) is 4.98 Å². The summed E-state index contributed by atoms with van der Waals surface area (Å²) in [5, 5.41) is 8.20. The van der Waals surface area contributed by atoms with Crippen LogP contribution in [-0.4, -0.2) is 28.9 Å². The largest absolute Gasteiger partial charge is 0.486 e. The highest BCUT2D eigenvalue weighted by Crippen LogP contribution is 2.29. The number of alkyl halides is 3. The van der Waals surface area contributed by atoms with Gasteiger partial charge in [0.2, 0.25) is 0 Å². The van der Waals surface area contributed by atoms with Gasteiger partial charge in [-0.3, -0.25) is 9.59 Å². The Bertz CT molecular complexity index is 1240. The van der Waals surface area contributed by atoms with Gasteiger partial charge in [0.05, 0.1) is 5.56 Å². The van der Waals surface area contributed by atoms with Crippen LogP contribution in [0, 0.1) is 13.8 Å². The summed E-state index contributed by atoms with van der Waals surface area (Å²) < 4.78 is 44.2. The molecule has 3 aromatic rings. The fraction of sp³-hybridized carbons (Fsp3) is 0.370. The van der Waals surface area contributed by atoms with Crippen molar-refractivity contribution in [2.45, 2.75) is 64.4 Å². The van der Waals surface area contributed by atoms with Crippen molar-refractivity contribution in [3.8, 4) is 5.75 Å². The molecule has 1 aliphatic carbocycles. The molecule has 2 N–H and O–H groups in total. The van der Waals surface area contributed by atoms with Gasteiger partial charge in [-0.15, -0.1) is 11.3 Å². The molecule has 1 heterocycles. The number of benzene rings is 2. The van der Waals surface area contributed by atoms with E-state index in [0.29, 0.717) is 17.8 Å². The second-order valence-electron chi connectivity index (χ2n) is 9.26. The standard InChI is InChI=1S/C27H28F3N3O3S/c1-16-11-17(2)13-20(12-16)36-14-24-31-23(15-37-24)26(35)33-22-6-4-3-5-21(22)32-25(34)18-7-9-19(10-8-18)27(28,29)30/h7-13,15,21-22H,3-6,14H2,1-2H3,(H,32,34)(H,33,35)/t21-,22+/m1/s1. The fourth-order valence-corrected chi connectivity index (χ4v) is 5.11. The molecule has 10 heteroatoms. The van der Waals surface area contributed by atoms with Gasteiger partial charge in [0.25, 0.3) is 11.8 Å². The van der Waals surface area contributed by atoms with Gasteiger partial charge in [-0.1, -0.05) is 18.9 Å². The Hall–Kier alpha value is -3.40. The van der Waals surface area contributed by atoms with Gasteiger partial charge in [0.1, 0.15) is 23.1 Å². The number of hydrogen-bond donors (Lipinski definition) is 2. The number of halogens is 3. The summed E-state index contributed by atoms with van der Waals surface area (Å²) in [5.41, 5.74) is 1.80. The Kier molecular flexibility index (Phi) is 8.16. The van der Waals surface area contributed by atoms with Crippen molar-refractivity contribution >= 4 is 23.2 Å². The SMILES string of the molecule is Cc1cc(C)cc(OCc2nc(C(=O)N[C@H]3CCCC[C@H]3NC(=O)c3ccc(C(F)(F)F)cc3)cs2)c1. The molecule has 0 spiro atoms. The van der Waals surface area contributed by atoms with Crippen molar-refractivity contribution in [3.05, 3.63) is 80.8 Å². The average Bonchev–Trinajstić information content (AvgIpc) is 3.32. The Morgan fingerprint density at radius 2 is 1.57 bits per heavy atom. The number of aromatic nitrogens is 1. The van der Waals surface area contributed by atoms with Crippen LogP contribution in [0.4, 0.5) is 13.2 Å². The number of hydrogen-bond acceptors (Lipinski definition) is 5. The number of nitrogens with one attached hydrogen (secondary N) is 2. The molecule has 37 heavy (non-hydrogen) atoms. The smallest absolute Gasteiger partial charge is 0.416 e. The van der Waals surface area contributed by atoms with Crippen molar-refractivity contribution in [2.24, 2.45) is 0 Å². The van der Waals surface area contributed by atoms with Crippen LogP contribution >= 0.6 is 11.3 Å². The second-order valence-corrected chi connectivity index (χ2v) is 10.2. The molecule has 0 bridgehead atoms. The molecule has 4 rings (SSSR count). The predicted molar refractivity (Wildman–Crippen MR) is 135 cm³/mol. The quantitative estimate of drug-likeness (QED) is 0.402. The van der Waals surface area contributed by atoms with E-state index >= 15 is 0 Å². The third-order valence-electron chi connectivity index (χ3n) is 6.22. The van der Waals surface area contributed by atoms with E-state index in [4.69, 9.17) is 4.74 Å². The number of nitrogens with zero attached hydrogens (tertiary/aromatic N) is 1. The third-order valence-corrected chi connectivity index (χ3v) is 7.04. The first-order valence-corrected chi connectivity index (χ1v) is 12.9. The molecule has 6 nitrogen and oxygen atoms in total. The Morgan fingerprint density at radius 3 is 2.16 bits per heavy atom. The highest BCUT2D eigenvalue weighted by Gasteiger charge is 2.31. The molecule has 0 unspecified atom stereocenters. The summed E-state index contributed by atoms with van der Waals surface area (Å²) >= 11 is 1.33. The van der Waals surface area contributed by atoms with Crippen LogP contribution in [0.15, 0.2) is 47.8 Å². The van der Waals surface area contributed by atoms with Crippen molar-refractivity contribution in [1.29, 1.82) is 0 Å². The number of aryl methyl sites for hydroxylation is 2. The number of rotatable bonds is 7. The van der Waals surface area contributed by atoms with Crippen LogP contribution in [0.3, 0.4) is 0 Å². The van der Waals surface area contributed by atoms with Gasteiger partial charge in [0, 0.05) is 23.0 Å². The average molecular weight is 532 g/mol. The molecule has 196 valence electrons. The summed E-state index contributed by atoms with van der Waals surface area (Å²) in [4.78, 5) is 30.0. The zero-order chi connectivity index (χ0) is 26.6. The topological polar surface area (TPSA) is 80.3 Å². The van der Waals surface area contributed by atoms with E-state index in [9.17, 15) is 22.8 Å². The Labute approximate surface area is 217 Å². The molecule has 2 amide bonds. The molecule has 0 saturated heterocycles. The van der Waals surface area contributed by atoms with Gasteiger partial charge < -0.3 is 15.4 Å². The number of amides is 2. The molecule has 2 aromatic carbocycles. The minimum atomic E-state index is -4.46. The minimum absolute atomic E-state index is 0.136. The maximum Gasteiger partial charge on any atom is 0.416 e. The highest BCUT2D eigenvalue weighted by atomic mass is 32.1. The Balaban J connectivity index is 1.34. The van der Waals surface area contributed by atoms with E-state index in [0.717, 1.165) is 54.0 Å². The third kappa shape index (κ3) is 7.09. The molecule has 1 aliphatic rings. The van der Waals surface area contributed by atoms with E-state index in [1.807, 2.05) is 26.0 Å². The van der Waals surface area contributed by atoms with Crippen LogP contribution in [-0.2, 0) is 12.8 Å². The van der Waals surface area contributed by atoms with Crippen molar-refractivity contribution < 1.29 is 27.5 Å². The van der Waals surface area contributed by atoms with Gasteiger partial charge in [-0.2, -0.15) is 13.2 Å². The van der Waals surface area contributed by atoms with Gasteiger partial charge in [0.15, 0.2) is 0 Å². The summed E-state index contributed by atoms with van der Waals surface area (Å²) in [6.07, 6.45) is -1.36. The van der Waals surface area contributed by atoms with Crippen LogP contribution in [0.1, 0.15) is 68.2 Å². The number of thiazole rings is 1. The van der Waals surface area contributed by atoms with E-state index < -0.39 is 17.6 Å². The molecular weight excluding hydrogens is 503 g/mol. The van der Waals surface area contributed by atoms with Crippen LogP contribution in [0.25, 0.3) is 0 Å². The van der Waals surface area contributed by atoms with Crippen LogP contribution in [0.5, 0.6) is 5.75 Å². The molecule has 1 aromatic heterocycles. The summed E-state index contributed by atoms with van der Waals surface area (Å²) in [6.45, 7) is 4.24.